The minimum Gasteiger partial charge on any atom is -0.481 e. The molecular weight excluding hydrogens is 532 g/mol. The lowest BCUT2D eigenvalue weighted by Gasteiger charge is -2.71. The highest BCUT2D eigenvalue weighted by Gasteiger charge is 2.69. The van der Waals surface area contributed by atoms with Crippen molar-refractivity contribution >= 4 is 5.97 Å². The van der Waals surface area contributed by atoms with Crippen molar-refractivity contribution in [2.75, 3.05) is 6.61 Å². The summed E-state index contributed by atoms with van der Waals surface area (Å²) in [6, 6.07) is 0. The molecule has 4 N–H and O–H groups in total. The summed E-state index contributed by atoms with van der Waals surface area (Å²) < 4.78 is 12.1. The molecule has 0 aromatic heterocycles. The van der Waals surface area contributed by atoms with Crippen molar-refractivity contribution in [3.63, 3.8) is 0 Å². The van der Waals surface area contributed by atoms with Crippen LogP contribution in [0.5, 0.6) is 0 Å². The van der Waals surface area contributed by atoms with E-state index in [0.717, 1.165) is 57.8 Å². The van der Waals surface area contributed by atoms with Crippen LogP contribution in [0.25, 0.3) is 0 Å². The maximum absolute atomic E-state index is 13.0. The molecule has 4 saturated carbocycles. The van der Waals surface area contributed by atoms with Crippen molar-refractivity contribution in [2.24, 2.45) is 56.7 Å². The number of fused-ring (bicyclic) bond motifs is 7. The zero-order valence-electron chi connectivity index (χ0n) is 26.9. The number of rotatable bonds is 3. The number of hydrogen-bond donors (Lipinski definition) is 4. The number of aliphatic carboxylic acids is 1. The van der Waals surface area contributed by atoms with Crippen LogP contribution in [0, 0.1) is 56.7 Å². The van der Waals surface area contributed by atoms with E-state index in [1.807, 2.05) is 0 Å². The number of carbonyl (C=O) groups is 1. The number of carboxylic acids is 1. The first-order valence-electron chi connectivity index (χ1n) is 16.8. The Labute approximate surface area is 252 Å². The zero-order valence-corrected chi connectivity index (χ0v) is 26.9. The van der Waals surface area contributed by atoms with Gasteiger partial charge in [0.1, 0.15) is 18.3 Å². The van der Waals surface area contributed by atoms with Gasteiger partial charge in [0.15, 0.2) is 6.29 Å². The Morgan fingerprint density at radius 3 is 2.31 bits per heavy atom. The van der Waals surface area contributed by atoms with Crippen LogP contribution < -0.4 is 0 Å². The van der Waals surface area contributed by atoms with E-state index in [0.29, 0.717) is 23.7 Å². The van der Waals surface area contributed by atoms with Gasteiger partial charge in [0.05, 0.1) is 18.1 Å². The second kappa shape index (κ2) is 10.0. The number of aliphatic hydroxyl groups excluding tert-OH is 3. The second-order valence-corrected chi connectivity index (χ2v) is 16.8. The van der Waals surface area contributed by atoms with Gasteiger partial charge in [0, 0.05) is 0 Å². The van der Waals surface area contributed by atoms with Gasteiger partial charge in [-0.2, -0.15) is 0 Å². The molecule has 7 heteroatoms. The Balaban J connectivity index is 1.31. The minimum atomic E-state index is -1.27. The zero-order chi connectivity index (χ0) is 30.6. The summed E-state index contributed by atoms with van der Waals surface area (Å²) >= 11 is 0. The molecule has 0 aromatic carbocycles. The van der Waals surface area contributed by atoms with Crippen LogP contribution in [0.15, 0.2) is 11.6 Å². The molecule has 6 aliphatic rings. The van der Waals surface area contributed by atoms with Gasteiger partial charge in [-0.15, -0.1) is 0 Å². The molecule has 42 heavy (non-hydrogen) atoms. The Bertz CT molecular complexity index is 1120. The van der Waals surface area contributed by atoms with E-state index < -0.39 is 36.0 Å². The van der Waals surface area contributed by atoms with Gasteiger partial charge >= 0.3 is 5.97 Å². The Hall–Kier alpha value is -0.990. The SMILES string of the molecule is C[C@H]1[C@H](C)CC[C@]2(C(=O)O)CC[C@]3(C)C(=CCC4[C@@]5(C)CC[C@H](OC6OC[C@H](O)[C@H](O)[C@H]6O)C(C)(C)C5CC[C@]43C)[C@H]12. The maximum Gasteiger partial charge on any atom is 0.310 e. The number of hydrogen-bond acceptors (Lipinski definition) is 6. The van der Waals surface area contributed by atoms with E-state index in [4.69, 9.17) is 9.47 Å². The van der Waals surface area contributed by atoms with Crippen molar-refractivity contribution in [1.82, 2.24) is 0 Å². The normalized spacial score (nSPS) is 55.3. The summed E-state index contributed by atoms with van der Waals surface area (Å²) in [6.07, 6.45) is 6.46. The second-order valence-electron chi connectivity index (χ2n) is 16.8. The molecule has 1 heterocycles. The third-order valence-corrected chi connectivity index (χ3v) is 15.1. The smallest absolute Gasteiger partial charge is 0.310 e. The highest BCUT2D eigenvalue weighted by molar-refractivity contribution is 5.76. The predicted octanol–water partition coefficient (Wildman–Crippen LogP) is 5.55. The molecule has 238 valence electrons. The summed E-state index contributed by atoms with van der Waals surface area (Å²) in [4.78, 5) is 13.0. The Kier molecular flexibility index (Phi) is 7.39. The highest BCUT2D eigenvalue weighted by atomic mass is 16.7. The van der Waals surface area contributed by atoms with Gasteiger partial charge in [-0.1, -0.05) is 60.1 Å². The molecule has 0 spiro atoms. The molecule has 0 aromatic rings. The van der Waals surface area contributed by atoms with E-state index in [9.17, 15) is 25.2 Å². The first-order chi connectivity index (χ1) is 19.5. The first kappa shape index (κ1) is 31.0. The number of allylic oxidation sites excluding steroid dienone is 2. The molecule has 5 aliphatic carbocycles. The lowest BCUT2D eigenvalue weighted by Crippen LogP contribution is -2.66. The van der Waals surface area contributed by atoms with Crippen LogP contribution in [0.1, 0.15) is 106 Å². The molecule has 3 unspecified atom stereocenters. The summed E-state index contributed by atoms with van der Waals surface area (Å²) in [5.74, 6) is 1.38. The molecule has 7 nitrogen and oxygen atoms in total. The van der Waals surface area contributed by atoms with Gasteiger partial charge in [0.25, 0.3) is 0 Å². The summed E-state index contributed by atoms with van der Waals surface area (Å²) in [6.45, 7) is 16.8. The van der Waals surface area contributed by atoms with E-state index in [1.54, 1.807) is 0 Å². The summed E-state index contributed by atoms with van der Waals surface area (Å²) in [5.41, 5.74) is 0.885. The quantitative estimate of drug-likeness (QED) is 0.252. The topological polar surface area (TPSA) is 116 Å². The number of aliphatic hydroxyl groups is 3. The molecule has 0 radical (unpaired) electrons. The monoisotopic (exact) mass is 588 g/mol. The van der Waals surface area contributed by atoms with Crippen LogP contribution >= 0.6 is 0 Å². The van der Waals surface area contributed by atoms with Crippen molar-refractivity contribution in [1.29, 1.82) is 0 Å². The van der Waals surface area contributed by atoms with E-state index >= 15 is 0 Å². The molecule has 14 atom stereocenters. The predicted molar refractivity (Wildman–Crippen MR) is 159 cm³/mol. The standard InChI is InChI=1S/C35H56O7/c1-19-10-15-35(30(39)40)17-16-33(6)21(26(35)20(19)2)8-9-24-32(5)13-12-25(31(3,4)23(32)11-14-34(24,33)7)42-29-28(38)27(37)22(36)18-41-29/h8,19-20,22-29,36-38H,9-18H2,1-7H3,(H,39,40)/t19-,20+,22+,23?,24?,25+,26+,27+,28-,29?,32+,33-,34-,35+/m1/s1. The number of carboxylic acid groups (broad SMARTS) is 1. The van der Waals surface area contributed by atoms with E-state index in [-0.39, 0.29) is 40.3 Å². The third-order valence-electron chi connectivity index (χ3n) is 15.1. The number of ether oxygens (including phenoxy) is 2. The fraction of sp³-hybridized carbons (Fsp3) is 0.914. The molecule has 5 fully saturated rings. The van der Waals surface area contributed by atoms with Crippen molar-refractivity contribution in [2.45, 2.75) is 137 Å². The van der Waals surface area contributed by atoms with Crippen LogP contribution in [0.4, 0.5) is 0 Å². The fourth-order valence-corrected chi connectivity index (χ4v) is 12.1. The minimum absolute atomic E-state index is 0.00660. The van der Waals surface area contributed by atoms with Gasteiger partial charge in [-0.25, -0.2) is 0 Å². The van der Waals surface area contributed by atoms with E-state index in [1.165, 1.54) is 5.57 Å². The lowest BCUT2D eigenvalue weighted by molar-refractivity contribution is -0.308. The van der Waals surface area contributed by atoms with Crippen molar-refractivity contribution < 1.29 is 34.7 Å². The van der Waals surface area contributed by atoms with Gasteiger partial charge in [-0.05, 0) is 109 Å². The molecule has 1 saturated heterocycles. The molecule has 0 amide bonds. The van der Waals surface area contributed by atoms with Crippen LogP contribution in [0.3, 0.4) is 0 Å². The van der Waals surface area contributed by atoms with Crippen molar-refractivity contribution in [3.8, 4) is 0 Å². The molecular formula is C35H56O7. The Morgan fingerprint density at radius 1 is 0.905 bits per heavy atom. The average molecular weight is 589 g/mol. The van der Waals surface area contributed by atoms with Gasteiger partial charge in [0.2, 0.25) is 0 Å². The maximum atomic E-state index is 13.0. The van der Waals surface area contributed by atoms with Crippen molar-refractivity contribution in [3.05, 3.63) is 11.6 Å². The molecule has 1 aliphatic heterocycles. The summed E-state index contributed by atoms with van der Waals surface area (Å²) in [7, 11) is 0. The summed E-state index contributed by atoms with van der Waals surface area (Å²) in [5, 5.41) is 41.4. The highest BCUT2D eigenvalue weighted by Crippen LogP contribution is 2.76. The largest absolute Gasteiger partial charge is 0.481 e. The first-order valence-corrected chi connectivity index (χ1v) is 16.8. The van der Waals surface area contributed by atoms with Crippen LogP contribution in [-0.4, -0.2) is 63.7 Å². The third kappa shape index (κ3) is 3.98. The van der Waals surface area contributed by atoms with Gasteiger partial charge in [-0.3, -0.25) is 4.79 Å². The van der Waals surface area contributed by atoms with Crippen LogP contribution in [0.2, 0.25) is 0 Å². The van der Waals surface area contributed by atoms with Gasteiger partial charge < -0.3 is 29.9 Å². The average Bonchev–Trinajstić information content (AvgIpc) is 2.92. The fourth-order valence-electron chi connectivity index (χ4n) is 12.1. The molecule has 6 rings (SSSR count). The lowest BCUT2D eigenvalue weighted by atomic mass is 9.33. The van der Waals surface area contributed by atoms with E-state index in [2.05, 4.69) is 54.5 Å². The Morgan fingerprint density at radius 2 is 1.62 bits per heavy atom. The van der Waals surface area contributed by atoms with Crippen LogP contribution in [-0.2, 0) is 14.3 Å². The molecule has 0 bridgehead atoms.